The van der Waals surface area contributed by atoms with E-state index in [0.717, 1.165) is 19.3 Å². The zero-order valence-electron chi connectivity index (χ0n) is 14.2. The molecule has 1 fully saturated rings. The molecule has 1 rings (SSSR count). The van der Waals surface area contributed by atoms with Crippen LogP contribution in [0, 0.1) is 5.92 Å². The molecule has 0 spiro atoms. The van der Waals surface area contributed by atoms with Gasteiger partial charge in [0, 0.05) is 25.7 Å². The number of aliphatic hydroxyl groups excluding tert-OH is 1. The maximum Gasteiger partial charge on any atom is 0.410 e. The zero-order valence-corrected chi connectivity index (χ0v) is 14.2. The van der Waals surface area contributed by atoms with Gasteiger partial charge in [-0.2, -0.15) is 0 Å². The second kappa shape index (κ2) is 7.99. The average molecular weight is 300 g/mol. The number of rotatable bonds is 6. The normalized spacial score (nSPS) is 20.9. The van der Waals surface area contributed by atoms with Crippen LogP contribution in [0.25, 0.3) is 0 Å². The maximum atomic E-state index is 12.0. The molecule has 2 atom stereocenters. The van der Waals surface area contributed by atoms with Gasteiger partial charge in [-0.3, -0.25) is 0 Å². The van der Waals surface area contributed by atoms with E-state index in [-0.39, 0.29) is 18.2 Å². The molecular formula is C16H32N2O3. The highest BCUT2D eigenvalue weighted by molar-refractivity contribution is 5.68. The molecule has 21 heavy (non-hydrogen) atoms. The van der Waals surface area contributed by atoms with Crippen LogP contribution in [0.4, 0.5) is 4.79 Å². The number of amides is 1. The summed E-state index contributed by atoms with van der Waals surface area (Å²) in [6.45, 7) is 11.8. The van der Waals surface area contributed by atoms with Crippen LogP contribution >= 0.6 is 0 Å². The predicted octanol–water partition coefficient (Wildman–Crippen LogP) is 2.38. The Kier molecular flexibility index (Phi) is 6.94. The summed E-state index contributed by atoms with van der Waals surface area (Å²) < 4.78 is 5.38. The second-order valence-corrected chi connectivity index (χ2v) is 6.96. The summed E-state index contributed by atoms with van der Waals surface area (Å²) in [6.07, 6.45) is 2.35. The van der Waals surface area contributed by atoms with Gasteiger partial charge in [-0.15, -0.1) is 0 Å². The van der Waals surface area contributed by atoms with E-state index in [0.29, 0.717) is 25.6 Å². The summed E-state index contributed by atoms with van der Waals surface area (Å²) >= 11 is 0. The van der Waals surface area contributed by atoms with E-state index < -0.39 is 5.60 Å². The van der Waals surface area contributed by atoms with E-state index in [1.807, 2.05) is 20.8 Å². The number of hydrogen-bond donors (Lipinski definition) is 2. The number of aliphatic hydroxyl groups is 1. The van der Waals surface area contributed by atoms with Gasteiger partial charge in [0.2, 0.25) is 0 Å². The van der Waals surface area contributed by atoms with E-state index >= 15 is 0 Å². The molecule has 2 unspecified atom stereocenters. The molecule has 0 aliphatic carbocycles. The summed E-state index contributed by atoms with van der Waals surface area (Å²) in [6, 6.07) is 0.251. The molecule has 0 aromatic heterocycles. The lowest BCUT2D eigenvalue weighted by Crippen LogP contribution is -2.41. The second-order valence-electron chi connectivity index (χ2n) is 6.96. The van der Waals surface area contributed by atoms with Gasteiger partial charge in [-0.1, -0.05) is 26.7 Å². The number of nitrogens with zero attached hydrogens (tertiary/aromatic N) is 1. The van der Waals surface area contributed by atoms with Crippen molar-refractivity contribution in [2.75, 3.05) is 19.6 Å². The molecule has 1 amide bonds. The molecule has 1 heterocycles. The van der Waals surface area contributed by atoms with Gasteiger partial charge in [0.25, 0.3) is 0 Å². The van der Waals surface area contributed by atoms with Crippen LogP contribution in [-0.4, -0.2) is 53.5 Å². The minimum Gasteiger partial charge on any atom is -0.444 e. The van der Waals surface area contributed by atoms with Crippen molar-refractivity contribution in [3.05, 3.63) is 0 Å². The van der Waals surface area contributed by atoms with Crippen LogP contribution < -0.4 is 5.32 Å². The Morgan fingerprint density at radius 2 is 2.00 bits per heavy atom. The quantitative estimate of drug-likeness (QED) is 0.790. The number of carbonyl (C=O) groups excluding carboxylic acids is 1. The lowest BCUT2D eigenvalue weighted by Gasteiger charge is -2.25. The molecule has 1 saturated heterocycles. The third-order valence-corrected chi connectivity index (χ3v) is 4.05. The lowest BCUT2D eigenvalue weighted by atomic mass is 9.96. The van der Waals surface area contributed by atoms with Crippen molar-refractivity contribution in [3.8, 4) is 0 Å². The predicted molar refractivity (Wildman–Crippen MR) is 84.3 cm³/mol. The molecule has 0 bridgehead atoms. The lowest BCUT2D eigenvalue weighted by molar-refractivity contribution is 0.0290. The molecule has 0 saturated carbocycles. The topological polar surface area (TPSA) is 61.8 Å². The van der Waals surface area contributed by atoms with E-state index in [9.17, 15) is 9.90 Å². The highest BCUT2D eigenvalue weighted by Gasteiger charge is 2.30. The Morgan fingerprint density at radius 1 is 1.38 bits per heavy atom. The highest BCUT2D eigenvalue weighted by atomic mass is 16.6. The Bertz CT molecular complexity index is 324. The van der Waals surface area contributed by atoms with E-state index in [4.69, 9.17) is 4.74 Å². The zero-order chi connectivity index (χ0) is 16.0. The standard InChI is InChI=1S/C16H32N2O3/c1-6-12(7-2)14(19)10-17-13-8-9-18(11-13)15(20)21-16(3,4)5/h12-14,17,19H,6-11H2,1-5H3. The van der Waals surface area contributed by atoms with Crippen LogP contribution in [0.5, 0.6) is 0 Å². The van der Waals surface area contributed by atoms with Crippen molar-refractivity contribution in [2.45, 2.75) is 71.6 Å². The molecule has 2 N–H and O–H groups in total. The number of hydrogen-bond acceptors (Lipinski definition) is 4. The van der Waals surface area contributed by atoms with Crippen LogP contribution in [0.2, 0.25) is 0 Å². The van der Waals surface area contributed by atoms with E-state index in [1.165, 1.54) is 0 Å². The maximum absolute atomic E-state index is 12.0. The molecule has 124 valence electrons. The van der Waals surface area contributed by atoms with E-state index in [2.05, 4.69) is 19.2 Å². The first-order valence-corrected chi connectivity index (χ1v) is 8.16. The summed E-state index contributed by atoms with van der Waals surface area (Å²) in [4.78, 5) is 13.7. The van der Waals surface area contributed by atoms with E-state index in [1.54, 1.807) is 4.90 Å². The number of carbonyl (C=O) groups is 1. The number of ether oxygens (including phenoxy) is 1. The van der Waals surface area contributed by atoms with Crippen LogP contribution in [0.1, 0.15) is 53.9 Å². The van der Waals surface area contributed by atoms with Gasteiger partial charge in [0.05, 0.1) is 6.10 Å². The Balaban J connectivity index is 2.33. The summed E-state index contributed by atoms with van der Waals surface area (Å²) in [5.74, 6) is 0.348. The van der Waals surface area contributed by atoms with Gasteiger partial charge in [-0.05, 0) is 33.1 Å². The van der Waals surface area contributed by atoms with Crippen molar-refractivity contribution in [1.82, 2.24) is 10.2 Å². The minimum absolute atomic E-state index is 0.243. The Hall–Kier alpha value is -0.810. The largest absolute Gasteiger partial charge is 0.444 e. The first-order chi connectivity index (χ1) is 9.76. The summed E-state index contributed by atoms with van der Waals surface area (Å²) in [5.41, 5.74) is -0.450. The van der Waals surface area contributed by atoms with Crippen molar-refractivity contribution >= 4 is 6.09 Å². The number of nitrogens with one attached hydrogen (secondary N) is 1. The first kappa shape index (κ1) is 18.2. The van der Waals surface area contributed by atoms with Crippen molar-refractivity contribution < 1.29 is 14.6 Å². The molecule has 1 aliphatic rings. The average Bonchev–Trinajstić information content (AvgIpc) is 2.84. The SMILES string of the molecule is CCC(CC)C(O)CNC1CCN(C(=O)OC(C)(C)C)C1. The molecular weight excluding hydrogens is 268 g/mol. The first-order valence-electron chi connectivity index (χ1n) is 8.16. The minimum atomic E-state index is -0.450. The van der Waals surface area contributed by atoms with Crippen molar-refractivity contribution in [2.24, 2.45) is 5.92 Å². The fraction of sp³-hybridized carbons (Fsp3) is 0.938. The highest BCUT2D eigenvalue weighted by Crippen LogP contribution is 2.16. The Labute approximate surface area is 129 Å². The van der Waals surface area contributed by atoms with Gasteiger partial charge < -0.3 is 20.1 Å². The molecule has 1 aliphatic heterocycles. The molecule has 0 aromatic carbocycles. The van der Waals surface area contributed by atoms with Crippen LogP contribution in [0.15, 0.2) is 0 Å². The molecule has 5 nitrogen and oxygen atoms in total. The summed E-state index contributed by atoms with van der Waals surface area (Å²) in [5, 5.41) is 13.5. The van der Waals surface area contributed by atoms with Crippen LogP contribution in [0.3, 0.4) is 0 Å². The van der Waals surface area contributed by atoms with Crippen molar-refractivity contribution in [3.63, 3.8) is 0 Å². The monoisotopic (exact) mass is 300 g/mol. The molecule has 0 aromatic rings. The Morgan fingerprint density at radius 3 is 2.52 bits per heavy atom. The van der Waals surface area contributed by atoms with Gasteiger partial charge >= 0.3 is 6.09 Å². The van der Waals surface area contributed by atoms with Gasteiger partial charge in [0.1, 0.15) is 5.60 Å². The number of likely N-dealkylation sites (tertiary alicyclic amines) is 1. The molecule has 0 radical (unpaired) electrons. The third-order valence-electron chi connectivity index (χ3n) is 4.05. The van der Waals surface area contributed by atoms with Crippen molar-refractivity contribution in [1.29, 1.82) is 0 Å². The van der Waals surface area contributed by atoms with Crippen LogP contribution in [-0.2, 0) is 4.74 Å². The third kappa shape index (κ3) is 6.22. The smallest absolute Gasteiger partial charge is 0.410 e. The molecule has 5 heteroatoms. The summed E-state index contributed by atoms with van der Waals surface area (Å²) in [7, 11) is 0. The van der Waals surface area contributed by atoms with Gasteiger partial charge in [-0.25, -0.2) is 4.79 Å². The van der Waals surface area contributed by atoms with Gasteiger partial charge in [0.15, 0.2) is 0 Å². The fourth-order valence-corrected chi connectivity index (χ4v) is 2.71. The fourth-order valence-electron chi connectivity index (χ4n) is 2.71.